The van der Waals surface area contributed by atoms with E-state index in [4.69, 9.17) is 23.2 Å². The lowest BCUT2D eigenvalue weighted by atomic mass is 10.2. The van der Waals surface area contributed by atoms with Crippen molar-refractivity contribution in [2.45, 2.75) is 31.8 Å². The van der Waals surface area contributed by atoms with E-state index in [1.807, 2.05) is 48.9 Å². The molecule has 0 fully saturated rings. The van der Waals surface area contributed by atoms with Crippen molar-refractivity contribution in [3.05, 3.63) is 81.1 Å². The fraction of sp³-hybridized carbons (Fsp3) is 0.250. The molecule has 0 spiro atoms. The smallest absolute Gasteiger partial charge is 0.243 e. The van der Waals surface area contributed by atoms with E-state index in [0.717, 1.165) is 22.5 Å². The second kappa shape index (κ2) is 8.25. The summed E-state index contributed by atoms with van der Waals surface area (Å²) in [5.41, 5.74) is 3.78. The first kappa shape index (κ1) is 20.9. The van der Waals surface area contributed by atoms with Crippen LogP contribution in [0.4, 0.5) is 0 Å². The van der Waals surface area contributed by atoms with E-state index in [0.29, 0.717) is 11.6 Å². The minimum absolute atomic E-state index is 0.108. The average Bonchev–Trinajstić information content (AvgIpc) is 2.92. The molecule has 28 heavy (non-hydrogen) atoms. The Balaban J connectivity index is 1.85. The van der Waals surface area contributed by atoms with Gasteiger partial charge in [0.1, 0.15) is 0 Å². The second-order valence-corrected chi connectivity index (χ2v) is 9.49. The van der Waals surface area contributed by atoms with Crippen LogP contribution in [-0.4, -0.2) is 29.6 Å². The van der Waals surface area contributed by atoms with Gasteiger partial charge in [-0.1, -0.05) is 53.5 Å². The lowest BCUT2D eigenvalue weighted by molar-refractivity contribution is 0.465. The van der Waals surface area contributed by atoms with E-state index in [2.05, 4.69) is 5.10 Å². The van der Waals surface area contributed by atoms with E-state index in [1.165, 1.54) is 22.5 Å². The fourth-order valence-electron chi connectivity index (χ4n) is 3.00. The molecule has 148 valence electrons. The van der Waals surface area contributed by atoms with Crippen molar-refractivity contribution < 1.29 is 8.42 Å². The molecule has 0 bridgehead atoms. The molecule has 0 aliphatic carbocycles. The molecular weight excluding hydrogens is 417 g/mol. The van der Waals surface area contributed by atoms with Gasteiger partial charge in [-0.05, 0) is 37.6 Å². The Morgan fingerprint density at radius 3 is 2.36 bits per heavy atom. The SMILES string of the molecule is Cc1nn(Cc2ccccc2)c(C)c1CN(C)S(=O)(=O)c1ccc(Cl)c(Cl)c1. The van der Waals surface area contributed by atoms with Crippen LogP contribution in [-0.2, 0) is 23.1 Å². The van der Waals surface area contributed by atoms with E-state index < -0.39 is 10.0 Å². The molecule has 1 aromatic heterocycles. The Labute approximate surface area is 175 Å². The van der Waals surface area contributed by atoms with Crippen molar-refractivity contribution in [2.75, 3.05) is 7.05 Å². The molecule has 0 N–H and O–H groups in total. The van der Waals surface area contributed by atoms with Gasteiger partial charge in [0, 0.05) is 24.8 Å². The minimum Gasteiger partial charge on any atom is -0.265 e. The van der Waals surface area contributed by atoms with Gasteiger partial charge in [0.25, 0.3) is 0 Å². The second-order valence-electron chi connectivity index (χ2n) is 6.63. The van der Waals surface area contributed by atoms with Crippen LogP contribution in [0.3, 0.4) is 0 Å². The maximum Gasteiger partial charge on any atom is 0.243 e. The maximum atomic E-state index is 12.9. The quantitative estimate of drug-likeness (QED) is 0.562. The van der Waals surface area contributed by atoms with Gasteiger partial charge in [-0.25, -0.2) is 8.42 Å². The predicted octanol–water partition coefficient (Wildman–Crippen LogP) is 4.68. The first-order chi connectivity index (χ1) is 13.2. The number of rotatable bonds is 6. The Kier molecular flexibility index (Phi) is 6.15. The molecule has 0 radical (unpaired) electrons. The van der Waals surface area contributed by atoms with E-state index in [-0.39, 0.29) is 16.5 Å². The van der Waals surface area contributed by atoms with Crippen molar-refractivity contribution in [1.82, 2.24) is 14.1 Å². The zero-order valence-corrected chi connectivity index (χ0v) is 18.2. The van der Waals surface area contributed by atoms with Gasteiger partial charge in [-0.2, -0.15) is 9.40 Å². The Bertz CT molecular complexity index is 1100. The molecule has 0 saturated heterocycles. The molecule has 8 heteroatoms. The highest BCUT2D eigenvalue weighted by atomic mass is 35.5. The molecule has 3 rings (SSSR count). The van der Waals surface area contributed by atoms with Crippen LogP contribution in [0.5, 0.6) is 0 Å². The van der Waals surface area contributed by atoms with Gasteiger partial charge in [-0.3, -0.25) is 4.68 Å². The third-order valence-corrected chi connectivity index (χ3v) is 7.22. The lowest BCUT2D eigenvalue weighted by Gasteiger charge is -2.18. The van der Waals surface area contributed by atoms with Gasteiger partial charge in [-0.15, -0.1) is 0 Å². The molecule has 3 aromatic rings. The van der Waals surface area contributed by atoms with Gasteiger partial charge < -0.3 is 0 Å². The Hall–Kier alpha value is -1.86. The molecule has 5 nitrogen and oxygen atoms in total. The van der Waals surface area contributed by atoms with E-state index >= 15 is 0 Å². The summed E-state index contributed by atoms with van der Waals surface area (Å²) in [6.07, 6.45) is 0. The fourth-order valence-corrected chi connectivity index (χ4v) is 4.53. The van der Waals surface area contributed by atoms with Gasteiger partial charge in [0.05, 0.1) is 27.2 Å². The Morgan fingerprint density at radius 2 is 1.71 bits per heavy atom. The average molecular weight is 438 g/mol. The molecule has 2 aromatic carbocycles. The largest absolute Gasteiger partial charge is 0.265 e. The molecule has 0 amide bonds. The van der Waals surface area contributed by atoms with Crippen molar-refractivity contribution >= 4 is 33.2 Å². The predicted molar refractivity (Wildman–Crippen MR) is 112 cm³/mol. The van der Waals surface area contributed by atoms with Crippen LogP contribution < -0.4 is 0 Å². The zero-order chi connectivity index (χ0) is 20.5. The van der Waals surface area contributed by atoms with Gasteiger partial charge >= 0.3 is 0 Å². The lowest BCUT2D eigenvalue weighted by Crippen LogP contribution is -2.27. The topological polar surface area (TPSA) is 55.2 Å². The zero-order valence-electron chi connectivity index (χ0n) is 15.9. The maximum absolute atomic E-state index is 12.9. The van der Waals surface area contributed by atoms with E-state index in [9.17, 15) is 8.42 Å². The van der Waals surface area contributed by atoms with Crippen LogP contribution in [0.1, 0.15) is 22.5 Å². The van der Waals surface area contributed by atoms with Crippen LogP contribution >= 0.6 is 23.2 Å². The van der Waals surface area contributed by atoms with Crippen LogP contribution in [0.25, 0.3) is 0 Å². The summed E-state index contributed by atoms with van der Waals surface area (Å²) in [6.45, 7) is 4.70. The third kappa shape index (κ3) is 4.25. The number of hydrogen-bond donors (Lipinski definition) is 0. The summed E-state index contributed by atoms with van der Waals surface area (Å²) in [6, 6.07) is 14.3. The molecule has 0 atom stereocenters. The molecular formula is C20H21Cl2N3O2S. The Morgan fingerprint density at radius 1 is 1.04 bits per heavy atom. The number of halogens is 2. The molecule has 0 saturated carbocycles. The standard InChI is InChI=1S/C20H21Cl2N3O2S/c1-14-18(15(2)25(23-14)12-16-7-5-4-6-8-16)13-24(3)28(26,27)17-9-10-19(21)20(22)11-17/h4-11H,12-13H2,1-3H3. The summed E-state index contributed by atoms with van der Waals surface area (Å²) >= 11 is 11.9. The first-order valence-electron chi connectivity index (χ1n) is 8.68. The number of benzene rings is 2. The summed E-state index contributed by atoms with van der Waals surface area (Å²) in [7, 11) is -2.16. The van der Waals surface area contributed by atoms with Crippen molar-refractivity contribution in [3.63, 3.8) is 0 Å². The highest BCUT2D eigenvalue weighted by Crippen LogP contribution is 2.27. The molecule has 0 unspecified atom stereocenters. The minimum atomic E-state index is -3.71. The highest BCUT2D eigenvalue weighted by molar-refractivity contribution is 7.89. The first-order valence-corrected chi connectivity index (χ1v) is 10.9. The number of hydrogen-bond acceptors (Lipinski definition) is 3. The van der Waals surface area contributed by atoms with Crippen molar-refractivity contribution in [3.8, 4) is 0 Å². The van der Waals surface area contributed by atoms with Gasteiger partial charge in [0.15, 0.2) is 0 Å². The number of aromatic nitrogens is 2. The van der Waals surface area contributed by atoms with Crippen molar-refractivity contribution in [2.24, 2.45) is 0 Å². The van der Waals surface area contributed by atoms with Gasteiger partial charge in [0.2, 0.25) is 10.0 Å². The number of sulfonamides is 1. The van der Waals surface area contributed by atoms with E-state index in [1.54, 1.807) is 7.05 Å². The number of aryl methyl sites for hydroxylation is 1. The summed E-state index contributed by atoms with van der Waals surface area (Å²) in [5, 5.41) is 5.12. The summed E-state index contributed by atoms with van der Waals surface area (Å²) < 4.78 is 29.0. The van der Waals surface area contributed by atoms with Crippen LogP contribution in [0.15, 0.2) is 53.4 Å². The summed E-state index contributed by atoms with van der Waals surface area (Å²) in [4.78, 5) is 0.108. The van der Waals surface area contributed by atoms with Crippen LogP contribution in [0.2, 0.25) is 10.0 Å². The molecule has 0 aliphatic rings. The molecule has 1 heterocycles. The summed E-state index contributed by atoms with van der Waals surface area (Å²) in [5.74, 6) is 0. The molecule has 0 aliphatic heterocycles. The van der Waals surface area contributed by atoms with Crippen LogP contribution in [0, 0.1) is 13.8 Å². The number of nitrogens with zero attached hydrogens (tertiary/aromatic N) is 3. The third-order valence-electron chi connectivity index (χ3n) is 4.69. The normalized spacial score (nSPS) is 11.9. The highest BCUT2D eigenvalue weighted by Gasteiger charge is 2.24. The van der Waals surface area contributed by atoms with Crippen molar-refractivity contribution in [1.29, 1.82) is 0 Å². The monoisotopic (exact) mass is 437 g/mol.